The van der Waals surface area contributed by atoms with Crippen LogP contribution in [0.1, 0.15) is 17.5 Å². The maximum Gasteiger partial charge on any atom is 0.225 e. The third-order valence-electron chi connectivity index (χ3n) is 3.66. The summed E-state index contributed by atoms with van der Waals surface area (Å²) in [6.07, 6.45) is 5.59. The van der Waals surface area contributed by atoms with Gasteiger partial charge in [0.25, 0.3) is 0 Å². The van der Waals surface area contributed by atoms with Crippen molar-refractivity contribution in [3.8, 4) is 11.3 Å². The highest BCUT2D eigenvalue weighted by Gasteiger charge is 2.13. The Labute approximate surface area is 138 Å². The Hall–Kier alpha value is -3.09. The molecular weight excluding hydrogens is 309 g/mol. The third-order valence-corrected chi connectivity index (χ3v) is 3.66. The molecule has 0 saturated carbocycles. The monoisotopic (exact) mass is 325 g/mol. The summed E-state index contributed by atoms with van der Waals surface area (Å²) in [5, 5.41) is 9.91. The summed E-state index contributed by atoms with van der Waals surface area (Å²) in [6, 6.07) is 6.62. The number of H-pyrrole nitrogens is 1. The number of halogens is 1. The van der Waals surface area contributed by atoms with Crippen LogP contribution in [0.4, 0.5) is 10.2 Å². The van der Waals surface area contributed by atoms with Gasteiger partial charge in [-0.25, -0.2) is 4.98 Å². The SMILES string of the molecule is Cc1c(-c2ccncc2)n[nH]c1NC(=O)CCc1ccc(F)nc1. The van der Waals surface area contributed by atoms with Crippen molar-refractivity contribution in [1.29, 1.82) is 0 Å². The number of hydrogen-bond acceptors (Lipinski definition) is 4. The zero-order valence-electron chi connectivity index (χ0n) is 13.1. The summed E-state index contributed by atoms with van der Waals surface area (Å²) in [6.45, 7) is 1.89. The Kier molecular flexibility index (Phi) is 4.60. The first-order valence-corrected chi connectivity index (χ1v) is 7.49. The first kappa shape index (κ1) is 15.8. The summed E-state index contributed by atoms with van der Waals surface area (Å²) < 4.78 is 12.8. The average Bonchev–Trinajstić information content (AvgIpc) is 2.96. The van der Waals surface area contributed by atoms with E-state index in [2.05, 4.69) is 25.5 Å². The highest BCUT2D eigenvalue weighted by atomic mass is 19.1. The van der Waals surface area contributed by atoms with Crippen LogP contribution < -0.4 is 5.32 Å². The van der Waals surface area contributed by atoms with Gasteiger partial charge in [-0.1, -0.05) is 6.07 Å². The van der Waals surface area contributed by atoms with Gasteiger partial charge in [0.15, 0.2) is 0 Å². The number of aryl methyl sites for hydroxylation is 1. The number of pyridine rings is 2. The maximum atomic E-state index is 12.8. The summed E-state index contributed by atoms with van der Waals surface area (Å²) in [5.74, 6) is -0.101. The van der Waals surface area contributed by atoms with Gasteiger partial charge < -0.3 is 5.32 Å². The molecule has 0 saturated heterocycles. The molecular formula is C17H16FN5O. The van der Waals surface area contributed by atoms with Gasteiger partial charge in [0.2, 0.25) is 11.9 Å². The minimum absolute atomic E-state index is 0.146. The molecule has 0 unspecified atom stereocenters. The Bertz CT molecular complexity index is 830. The fourth-order valence-electron chi connectivity index (χ4n) is 2.32. The summed E-state index contributed by atoms with van der Waals surface area (Å²) in [4.78, 5) is 19.6. The standard InChI is InChI=1S/C17H16FN5O/c1-11-16(13-6-8-19-9-7-13)22-23-17(11)21-15(24)5-3-12-2-4-14(18)20-10-12/h2,4,6-10H,3,5H2,1H3,(H2,21,22,23,24). The van der Waals surface area contributed by atoms with Gasteiger partial charge in [0.05, 0.1) is 5.69 Å². The molecule has 1 amide bonds. The zero-order valence-corrected chi connectivity index (χ0v) is 13.1. The number of anilines is 1. The highest BCUT2D eigenvalue weighted by Crippen LogP contribution is 2.25. The lowest BCUT2D eigenvalue weighted by molar-refractivity contribution is -0.116. The second kappa shape index (κ2) is 6.99. The molecule has 3 aromatic rings. The molecule has 0 fully saturated rings. The highest BCUT2D eigenvalue weighted by molar-refractivity contribution is 5.91. The molecule has 24 heavy (non-hydrogen) atoms. The van der Waals surface area contributed by atoms with Crippen LogP contribution in [0.2, 0.25) is 0 Å². The Morgan fingerprint density at radius 3 is 2.75 bits per heavy atom. The van der Waals surface area contributed by atoms with Crippen LogP contribution >= 0.6 is 0 Å². The van der Waals surface area contributed by atoms with E-state index in [-0.39, 0.29) is 12.3 Å². The molecule has 3 heterocycles. The molecule has 0 aromatic carbocycles. The van der Waals surface area contributed by atoms with E-state index >= 15 is 0 Å². The Balaban J connectivity index is 1.63. The van der Waals surface area contributed by atoms with Crippen LogP contribution in [0.25, 0.3) is 11.3 Å². The number of hydrogen-bond donors (Lipinski definition) is 2. The summed E-state index contributed by atoms with van der Waals surface area (Å²) in [7, 11) is 0. The molecule has 7 heteroatoms. The smallest absolute Gasteiger partial charge is 0.225 e. The van der Waals surface area contributed by atoms with Crippen LogP contribution in [0.5, 0.6) is 0 Å². The molecule has 0 spiro atoms. The van der Waals surface area contributed by atoms with Crippen molar-refractivity contribution >= 4 is 11.7 Å². The minimum Gasteiger partial charge on any atom is -0.311 e. The molecule has 0 aliphatic carbocycles. The van der Waals surface area contributed by atoms with Gasteiger partial charge in [0, 0.05) is 36.1 Å². The van der Waals surface area contributed by atoms with Crippen molar-refractivity contribution in [2.75, 3.05) is 5.32 Å². The van der Waals surface area contributed by atoms with Crippen LogP contribution in [0, 0.1) is 12.9 Å². The lowest BCUT2D eigenvalue weighted by Crippen LogP contribution is -2.13. The predicted molar refractivity (Wildman–Crippen MR) is 87.7 cm³/mol. The number of nitrogens with one attached hydrogen (secondary N) is 2. The average molecular weight is 325 g/mol. The molecule has 122 valence electrons. The second-order valence-corrected chi connectivity index (χ2v) is 5.35. The van der Waals surface area contributed by atoms with Gasteiger partial charge in [-0.2, -0.15) is 9.49 Å². The fraction of sp³-hybridized carbons (Fsp3) is 0.176. The van der Waals surface area contributed by atoms with Crippen LogP contribution in [-0.4, -0.2) is 26.1 Å². The molecule has 0 radical (unpaired) electrons. The third kappa shape index (κ3) is 3.62. The van der Waals surface area contributed by atoms with Crippen molar-refractivity contribution in [2.24, 2.45) is 0 Å². The van der Waals surface area contributed by atoms with Gasteiger partial charge in [-0.05, 0) is 37.1 Å². The topological polar surface area (TPSA) is 83.6 Å². The molecule has 3 rings (SSSR count). The number of aromatic nitrogens is 4. The largest absolute Gasteiger partial charge is 0.311 e. The zero-order chi connectivity index (χ0) is 16.9. The Morgan fingerprint density at radius 2 is 2.04 bits per heavy atom. The molecule has 2 N–H and O–H groups in total. The summed E-state index contributed by atoms with van der Waals surface area (Å²) in [5.41, 5.74) is 3.37. The van der Waals surface area contributed by atoms with Crippen molar-refractivity contribution in [3.05, 3.63) is 59.9 Å². The van der Waals surface area contributed by atoms with E-state index in [0.717, 1.165) is 22.4 Å². The van der Waals surface area contributed by atoms with E-state index < -0.39 is 5.95 Å². The number of amides is 1. The van der Waals surface area contributed by atoms with Crippen molar-refractivity contribution in [1.82, 2.24) is 20.2 Å². The summed E-state index contributed by atoms with van der Waals surface area (Å²) >= 11 is 0. The minimum atomic E-state index is -0.528. The molecule has 6 nitrogen and oxygen atoms in total. The first-order chi connectivity index (χ1) is 11.6. The van der Waals surface area contributed by atoms with Gasteiger partial charge in [-0.3, -0.25) is 14.9 Å². The van der Waals surface area contributed by atoms with E-state index in [9.17, 15) is 9.18 Å². The molecule has 0 atom stereocenters. The van der Waals surface area contributed by atoms with Gasteiger partial charge >= 0.3 is 0 Å². The number of nitrogens with zero attached hydrogens (tertiary/aromatic N) is 3. The molecule has 0 bridgehead atoms. The number of aromatic amines is 1. The number of carbonyl (C=O) groups is 1. The van der Waals surface area contributed by atoms with Crippen molar-refractivity contribution in [3.63, 3.8) is 0 Å². The Morgan fingerprint density at radius 1 is 1.25 bits per heavy atom. The van der Waals surface area contributed by atoms with Gasteiger partial charge in [0.1, 0.15) is 5.82 Å². The first-order valence-electron chi connectivity index (χ1n) is 7.49. The van der Waals surface area contributed by atoms with E-state index in [1.165, 1.54) is 12.3 Å². The molecule has 3 aromatic heterocycles. The van der Waals surface area contributed by atoms with E-state index in [1.807, 2.05) is 19.1 Å². The number of rotatable bonds is 5. The van der Waals surface area contributed by atoms with Crippen LogP contribution in [-0.2, 0) is 11.2 Å². The van der Waals surface area contributed by atoms with Crippen molar-refractivity contribution < 1.29 is 9.18 Å². The molecule has 0 aliphatic heterocycles. The predicted octanol–water partition coefficient (Wildman–Crippen LogP) is 2.89. The second-order valence-electron chi connectivity index (χ2n) is 5.35. The number of carbonyl (C=O) groups excluding carboxylic acids is 1. The lowest BCUT2D eigenvalue weighted by Gasteiger charge is -2.04. The molecule has 0 aliphatic rings. The normalized spacial score (nSPS) is 10.6. The maximum absolute atomic E-state index is 12.8. The fourth-order valence-corrected chi connectivity index (χ4v) is 2.32. The van der Waals surface area contributed by atoms with E-state index in [0.29, 0.717) is 12.2 Å². The van der Waals surface area contributed by atoms with Crippen molar-refractivity contribution in [2.45, 2.75) is 19.8 Å². The van der Waals surface area contributed by atoms with Crippen LogP contribution in [0.3, 0.4) is 0 Å². The van der Waals surface area contributed by atoms with Gasteiger partial charge in [-0.15, -0.1) is 0 Å². The van der Waals surface area contributed by atoms with Crippen LogP contribution in [0.15, 0.2) is 42.9 Å². The quantitative estimate of drug-likeness (QED) is 0.707. The lowest BCUT2D eigenvalue weighted by atomic mass is 10.1. The van der Waals surface area contributed by atoms with E-state index in [4.69, 9.17) is 0 Å². The van der Waals surface area contributed by atoms with E-state index in [1.54, 1.807) is 18.5 Å².